The molecule has 0 aliphatic heterocycles. The summed E-state index contributed by atoms with van der Waals surface area (Å²) in [7, 11) is -4.80. The van der Waals surface area contributed by atoms with E-state index in [4.69, 9.17) is 5.73 Å². The monoisotopic (exact) mass is 363 g/mol. The Morgan fingerprint density at radius 1 is 1.09 bits per heavy atom. The second-order valence-electron chi connectivity index (χ2n) is 5.56. The summed E-state index contributed by atoms with van der Waals surface area (Å²) >= 11 is 0. The predicted molar refractivity (Wildman–Crippen MR) is 90.0 cm³/mol. The molecule has 0 heterocycles. The van der Waals surface area contributed by atoms with E-state index >= 15 is 0 Å². The van der Waals surface area contributed by atoms with Crippen molar-refractivity contribution in [1.29, 1.82) is 0 Å². The van der Waals surface area contributed by atoms with Crippen molar-refractivity contribution < 1.29 is 16.8 Å². The summed E-state index contributed by atoms with van der Waals surface area (Å²) in [4.78, 5) is -0.170. The fourth-order valence-electron chi connectivity index (χ4n) is 2.08. The minimum absolute atomic E-state index is 0.0725. The summed E-state index contributed by atoms with van der Waals surface area (Å²) in [6, 6.07) is 5.30. The maximum absolute atomic E-state index is 12.6. The maximum Gasteiger partial charge on any atom is 0.242 e. The molecule has 0 amide bonds. The van der Waals surface area contributed by atoms with Crippen LogP contribution < -0.4 is 10.5 Å². The fraction of sp³-hybridized carbons (Fsp3) is 0.571. The SMILES string of the molecule is CCC(CC)(CN)NS(=O)(=O)c1cccc(S(=O)(=O)N(C)C)c1. The van der Waals surface area contributed by atoms with Crippen molar-refractivity contribution in [2.75, 3.05) is 20.6 Å². The molecule has 23 heavy (non-hydrogen) atoms. The molecule has 1 aromatic rings. The van der Waals surface area contributed by atoms with Crippen molar-refractivity contribution in [3.8, 4) is 0 Å². The van der Waals surface area contributed by atoms with Gasteiger partial charge < -0.3 is 5.73 Å². The molecule has 0 saturated carbocycles. The van der Waals surface area contributed by atoms with Gasteiger partial charge in [-0.3, -0.25) is 0 Å². The highest BCUT2D eigenvalue weighted by Gasteiger charge is 2.31. The maximum atomic E-state index is 12.6. The Labute approximate surface area is 139 Å². The van der Waals surface area contributed by atoms with Crippen LogP contribution in [0.25, 0.3) is 0 Å². The molecular weight excluding hydrogens is 338 g/mol. The molecule has 0 aliphatic carbocycles. The lowest BCUT2D eigenvalue weighted by atomic mass is 9.95. The number of benzene rings is 1. The molecule has 1 aromatic carbocycles. The summed E-state index contributed by atoms with van der Waals surface area (Å²) in [6.45, 7) is 3.87. The van der Waals surface area contributed by atoms with Gasteiger partial charge in [-0.2, -0.15) is 0 Å². The second-order valence-corrected chi connectivity index (χ2v) is 9.39. The van der Waals surface area contributed by atoms with Crippen LogP contribution in [0.5, 0.6) is 0 Å². The lowest BCUT2D eigenvalue weighted by Gasteiger charge is -2.31. The van der Waals surface area contributed by atoms with Gasteiger partial charge in [0, 0.05) is 26.2 Å². The quantitative estimate of drug-likeness (QED) is 0.708. The van der Waals surface area contributed by atoms with E-state index in [1.807, 2.05) is 13.8 Å². The summed E-state index contributed by atoms with van der Waals surface area (Å²) in [5.41, 5.74) is 4.98. The highest BCUT2D eigenvalue weighted by Crippen LogP contribution is 2.21. The average Bonchev–Trinajstić information content (AvgIpc) is 2.52. The molecule has 0 aromatic heterocycles. The Morgan fingerprint density at radius 3 is 2.04 bits per heavy atom. The van der Waals surface area contributed by atoms with Gasteiger partial charge in [0.15, 0.2) is 0 Å². The van der Waals surface area contributed by atoms with E-state index in [1.54, 1.807) is 0 Å². The summed E-state index contributed by atoms with van der Waals surface area (Å²) in [5.74, 6) is 0. The van der Waals surface area contributed by atoms with Gasteiger partial charge >= 0.3 is 0 Å². The molecule has 0 atom stereocenters. The summed E-state index contributed by atoms with van der Waals surface area (Å²) < 4.78 is 53.2. The minimum atomic E-state index is -3.88. The third-order valence-electron chi connectivity index (χ3n) is 3.99. The van der Waals surface area contributed by atoms with Crippen LogP contribution in [-0.2, 0) is 20.0 Å². The lowest BCUT2D eigenvalue weighted by molar-refractivity contribution is 0.363. The van der Waals surface area contributed by atoms with Gasteiger partial charge in [-0.25, -0.2) is 25.9 Å². The Hall–Kier alpha value is -1.00. The first kappa shape index (κ1) is 20.0. The van der Waals surface area contributed by atoms with Crippen LogP contribution in [0, 0.1) is 0 Å². The van der Waals surface area contributed by atoms with E-state index < -0.39 is 25.6 Å². The topological polar surface area (TPSA) is 110 Å². The summed E-state index contributed by atoms with van der Waals surface area (Å²) in [6.07, 6.45) is 1.07. The molecule has 0 saturated heterocycles. The number of nitrogens with zero attached hydrogens (tertiary/aromatic N) is 1. The van der Waals surface area contributed by atoms with Gasteiger partial charge in [-0.15, -0.1) is 0 Å². The zero-order chi connectivity index (χ0) is 17.9. The molecule has 0 unspecified atom stereocenters. The molecule has 9 heteroatoms. The molecule has 1 rings (SSSR count). The van der Waals surface area contributed by atoms with E-state index in [2.05, 4.69) is 4.72 Å². The zero-order valence-electron chi connectivity index (χ0n) is 13.9. The third kappa shape index (κ3) is 4.30. The standard InChI is InChI=1S/C14H25N3O4S2/c1-5-14(6-2,11-15)16-22(18,19)12-8-7-9-13(10-12)23(20,21)17(3)4/h7-10,16H,5-6,11,15H2,1-4H3. The van der Waals surface area contributed by atoms with Gasteiger partial charge in [-0.1, -0.05) is 19.9 Å². The van der Waals surface area contributed by atoms with Crippen molar-refractivity contribution in [2.24, 2.45) is 5.73 Å². The average molecular weight is 364 g/mol. The number of nitrogens with two attached hydrogens (primary N) is 1. The Balaban J connectivity index is 3.31. The number of hydrogen-bond donors (Lipinski definition) is 2. The van der Waals surface area contributed by atoms with Crippen molar-refractivity contribution >= 4 is 20.0 Å². The first-order valence-corrected chi connectivity index (χ1v) is 10.2. The van der Waals surface area contributed by atoms with Crippen LogP contribution in [0.4, 0.5) is 0 Å². The first-order valence-electron chi connectivity index (χ1n) is 7.31. The van der Waals surface area contributed by atoms with Gasteiger partial charge in [0.2, 0.25) is 20.0 Å². The van der Waals surface area contributed by atoms with E-state index in [9.17, 15) is 16.8 Å². The predicted octanol–water partition coefficient (Wildman–Crippen LogP) is 0.733. The van der Waals surface area contributed by atoms with E-state index in [0.29, 0.717) is 12.8 Å². The van der Waals surface area contributed by atoms with Crippen LogP contribution in [0.1, 0.15) is 26.7 Å². The molecule has 0 aliphatic rings. The van der Waals surface area contributed by atoms with Gasteiger partial charge in [0.1, 0.15) is 0 Å². The molecule has 0 radical (unpaired) electrons. The number of rotatable bonds is 8. The number of sulfonamides is 2. The van der Waals surface area contributed by atoms with Crippen LogP contribution in [0.15, 0.2) is 34.1 Å². The first-order chi connectivity index (χ1) is 10.5. The Bertz CT molecular complexity index is 731. The van der Waals surface area contributed by atoms with Gasteiger partial charge in [-0.05, 0) is 31.0 Å². The molecular formula is C14H25N3O4S2. The van der Waals surface area contributed by atoms with E-state index in [0.717, 1.165) is 10.4 Å². The fourth-order valence-corrected chi connectivity index (χ4v) is 4.70. The number of nitrogens with one attached hydrogen (secondary N) is 1. The van der Waals surface area contributed by atoms with Crippen molar-refractivity contribution in [1.82, 2.24) is 9.03 Å². The van der Waals surface area contributed by atoms with Gasteiger partial charge in [0.05, 0.1) is 9.79 Å². The minimum Gasteiger partial charge on any atom is -0.329 e. The highest BCUT2D eigenvalue weighted by molar-refractivity contribution is 7.90. The largest absolute Gasteiger partial charge is 0.329 e. The normalized spacial score (nSPS) is 13.5. The highest BCUT2D eigenvalue weighted by atomic mass is 32.2. The van der Waals surface area contributed by atoms with Crippen LogP contribution in [-0.4, -0.2) is 47.3 Å². The van der Waals surface area contributed by atoms with Crippen LogP contribution >= 0.6 is 0 Å². The van der Waals surface area contributed by atoms with Crippen molar-refractivity contribution in [3.63, 3.8) is 0 Å². The van der Waals surface area contributed by atoms with Crippen molar-refractivity contribution in [2.45, 2.75) is 42.0 Å². The van der Waals surface area contributed by atoms with E-state index in [-0.39, 0.29) is 16.3 Å². The van der Waals surface area contributed by atoms with Crippen molar-refractivity contribution in [3.05, 3.63) is 24.3 Å². The lowest BCUT2D eigenvalue weighted by Crippen LogP contribution is -2.52. The number of hydrogen-bond acceptors (Lipinski definition) is 5. The Kier molecular flexibility index (Phi) is 6.33. The molecule has 0 spiro atoms. The van der Waals surface area contributed by atoms with Crippen LogP contribution in [0.3, 0.4) is 0 Å². The molecule has 7 nitrogen and oxygen atoms in total. The van der Waals surface area contributed by atoms with E-state index in [1.165, 1.54) is 32.3 Å². The summed E-state index contributed by atoms with van der Waals surface area (Å²) in [5, 5.41) is 0. The molecule has 132 valence electrons. The van der Waals surface area contributed by atoms with Crippen LogP contribution in [0.2, 0.25) is 0 Å². The molecule has 3 N–H and O–H groups in total. The van der Waals surface area contributed by atoms with Gasteiger partial charge in [0.25, 0.3) is 0 Å². The molecule has 0 fully saturated rings. The smallest absolute Gasteiger partial charge is 0.242 e. The molecule has 0 bridgehead atoms. The second kappa shape index (κ2) is 7.27. The third-order valence-corrected chi connectivity index (χ3v) is 7.38. The Morgan fingerprint density at radius 2 is 1.61 bits per heavy atom. The zero-order valence-corrected chi connectivity index (χ0v) is 15.5.